The highest BCUT2D eigenvalue weighted by molar-refractivity contribution is 5.95. The second kappa shape index (κ2) is 7.64. The van der Waals surface area contributed by atoms with Crippen molar-refractivity contribution < 1.29 is 23.1 Å². The smallest absolute Gasteiger partial charge is 0.311 e. The van der Waals surface area contributed by atoms with E-state index in [2.05, 4.69) is 5.32 Å². The minimum absolute atomic E-state index is 0.0653. The fourth-order valence-corrected chi connectivity index (χ4v) is 3.02. The Balaban J connectivity index is 1.55. The van der Waals surface area contributed by atoms with E-state index >= 15 is 0 Å². The standard InChI is InChI=1S/C20H19F2NO3/c1-12(20(25)23-18-8-7-16(21)11-17(18)22)26-19(24)10-13-5-6-14-3-2-4-15(14)9-13/h5-9,11-12H,2-4,10H2,1H3,(H,23,25)/t12-/m1/s1. The summed E-state index contributed by atoms with van der Waals surface area (Å²) < 4.78 is 31.6. The van der Waals surface area contributed by atoms with Gasteiger partial charge in [0.05, 0.1) is 12.1 Å². The van der Waals surface area contributed by atoms with Gasteiger partial charge in [0.2, 0.25) is 0 Å². The van der Waals surface area contributed by atoms with Gasteiger partial charge in [0.15, 0.2) is 6.10 Å². The first-order valence-corrected chi connectivity index (χ1v) is 8.48. The Hall–Kier alpha value is -2.76. The van der Waals surface area contributed by atoms with Gasteiger partial charge in [-0.25, -0.2) is 8.78 Å². The lowest BCUT2D eigenvalue weighted by Crippen LogP contribution is -2.30. The second-order valence-corrected chi connectivity index (χ2v) is 6.38. The first-order valence-electron chi connectivity index (χ1n) is 8.48. The van der Waals surface area contributed by atoms with E-state index < -0.39 is 29.6 Å². The normalized spacial score (nSPS) is 13.8. The van der Waals surface area contributed by atoms with Crippen LogP contribution in [0.1, 0.15) is 30.0 Å². The summed E-state index contributed by atoms with van der Waals surface area (Å²) in [5.74, 6) is -2.85. The van der Waals surface area contributed by atoms with E-state index in [0.717, 1.165) is 37.0 Å². The summed E-state index contributed by atoms with van der Waals surface area (Å²) in [5.41, 5.74) is 3.25. The molecule has 0 spiro atoms. The van der Waals surface area contributed by atoms with Gasteiger partial charge in [0.25, 0.3) is 5.91 Å². The number of ether oxygens (including phenoxy) is 1. The Kier molecular flexibility index (Phi) is 5.30. The van der Waals surface area contributed by atoms with E-state index in [-0.39, 0.29) is 12.1 Å². The summed E-state index contributed by atoms with van der Waals surface area (Å²) >= 11 is 0. The van der Waals surface area contributed by atoms with E-state index in [0.29, 0.717) is 6.07 Å². The van der Waals surface area contributed by atoms with Crippen molar-refractivity contribution in [3.8, 4) is 0 Å². The average molecular weight is 359 g/mol. The number of hydrogen-bond acceptors (Lipinski definition) is 3. The summed E-state index contributed by atoms with van der Waals surface area (Å²) in [4.78, 5) is 24.1. The monoisotopic (exact) mass is 359 g/mol. The number of hydrogen-bond donors (Lipinski definition) is 1. The van der Waals surface area contributed by atoms with Crippen LogP contribution in [-0.2, 0) is 33.6 Å². The predicted octanol–water partition coefficient (Wildman–Crippen LogP) is 3.57. The topological polar surface area (TPSA) is 55.4 Å². The van der Waals surface area contributed by atoms with Gasteiger partial charge in [0, 0.05) is 6.07 Å². The minimum atomic E-state index is -1.10. The number of anilines is 1. The van der Waals surface area contributed by atoms with Crippen molar-refractivity contribution >= 4 is 17.6 Å². The Morgan fingerprint density at radius 1 is 1.12 bits per heavy atom. The first-order chi connectivity index (χ1) is 12.4. The summed E-state index contributed by atoms with van der Waals surface area (Å²) in [6.45, 7) is 1.40. The molecule has 4 nitrogen and oxygen atoms in total. The summed E-state index contributed by atoms with van der Waals surface area (Å²) in [6.07, 6.45) is 2.18. The van der Waals surface area contributed by atoms with Gasteiger partial charge in [-0.15, -0.1) is 0 Å². The van der Waals surface area contributed by atoms with Gasteiger partial charge in [-0.2, -0.15) is 0 Å². The van der Waals surface area contributed by atoms with E-state index in [1.165, 1.54) is 18.1 Å². The molecule has 1 N–H and O–H groups in total. The Bertz CT molecular complexity index is 851. The first kappa shape index (κ1) is 18.0. The third-order valence-corrected chi connectivity index (χ3v) is 4.38. The Labute approximate surface area is 150 Å². The molecule has 3 rings (SSSR count). The third kappa shape index (κ3) is 4.25. The largest absolute Gasteiger partial charge is 0.452 e. The van der Waals surface area contributed by atoms with Gasteiger partial charge in [0.1, 0.15) is 11.6 Å². The number of aryl methyl sites for hydroxylation is 2. The number of carbonyl (C=O) groups is 2. The fourth-order valence-electron chi connectivity index (χ4n) is 3.02. The molecule has 0 unspecified atom stereocenters. The zero-order chi connectivity index (χ0) is 18.7. The highest BCUT2D eigenvalue weighted by Gasteiger charge is 2.20. The molecule has 1 aliphatic carbocycles. The number of carbonyl (C=O) groups excluding carboxylic acids is 2. The van der Waals surface area contributed by atoms with Crippen LogP contribution in [0.5, 0.6) is 0 Å². The number of benzene rings is 2. The maximum Gasteiger partial charge on any atom is 0.311 e. The molecule has 0 fully saturated rings. The number of fused-ring (bicyclic) bond motifs is 1. The molecule has 2 aromatic rings. The maximum absolute atomic E-state index is 13.6. The summed E-state index contributed by atoms with van der Waals surface area (Å²) in [5, 5.41) is 2.28. The van der Waals surface area contributed by atoms with Crippen LogP contribution in [0, 0.1) is 11.6 Å². The molecule has 0 radical (unpaired) electrons. The van der Waals surface area contributed by atoms with Gasteiger partial charge in [-0.05, 0) is 55.0 Å². The van der Waals surface area contributed by atoms with E-state index in [9.17, 15) is 18.4 Å². The quantitative estimate of drug-likeness (QED) is 0.831. The van der Waals surface area contributed by atoms with E-state index in [1.807, 2.05) is 18.2 Å². The highest BCUT2D eigenvalue weighted by atomic mass is 19.1. The number of rotatable bonds is 5. The van der Waals surface area contributed by atoms with Crippen molar-refractivity contribution in [1.29, 1.82) is 0 Å². The zero-order valence-corrected chi connectivity index (χ0v) is 14.4. The molecule has 1 aliphatic rings. The lowest BCUT2D eigenvalue weighted by Gasteiger charge is -2.14. The van der Waals surface area contributed by atoms with E-state index in [4.69, 9.17) is 4.74 Å². The molecule has 0 saturated carbocycles. The molecule has 0 bridgehead atoms. The molecule has 1 atom stereocenters. The van der Waals surface area contributed by atoms with Crippen molar-refractivity contribution in [1.82, 2.24) is 0 Å². The van der Waals surface area contributed by atoms with Crippen molar-refractivity contribution in [2.75, 3.05) is 5.32 Å². The summed E-state index contributed by atoms with van der Waals surface area (Å²) in [7, 11) is 0. The van der Waals surface area contributed by atoms with Crippen molar-refractivity contribution in [3.05, 3.63) is 64.7 Å². The molecule has 136 valence electrons. The molecular weight excluding hydrogens is 340 g/mol. The molecule has 2 aromatic carbocycles. The Morgan fingerprint density at radius 2 is 1.88 bits per heavy atom. The maximum atomic E-state index is 13.6. The van der Waals surface area contributed by atoms with Crippen LogP contribution >= 0.6 is 0 Å². The van der Waals surface area contributed by atoms with Gasteiger partial charge in [-0.1, -0.05) is 18.2 Å². The van der Waals surface area contributed by atoms with Gasteiger partial charge < -0.3 is 10.1 Å². The van der Waals surface area contributed by atoms with Crippen LogP contribution in [0.2, 0.25) is 0 Å². The second-order valence-electron chi connectivity index (χ2n) is 6.38. The van der Waals surface area contributed by atoms with Crippen LogP contribution in [0.15, 0.2) is 36.4 Å². The molecule has 6 heteroatoms. The fraction of sp³-hybridized carbons (Fsp3) is 0.300. The third-order valence-electron chi connectivity index (χ3n) is 4.38. The molecule has 0 heterocycles. The predicted molar refractivity (Wildman–Crippen MR) is 92.7 cm³/mol. The van der Waals surface area contributed by atoms with Crippen LogP contribution in [0.3, 0.4) is 0 Å². The van der Waals surface area contributed by atoms with Gasteiger partial charge in [-0.3, -0.25) is 9.59 Å². The number of halogens is 2. The highest BCUT2D eigenvalue weighted by Crippen LogP contribution is 2.23. The number of amides is 1. The van der Waals surface area contributed by atoms with Gasteiger partial charge >= 0.3 is 5.97 Å². The molecule has 0 aliphatic heterocycles. The number of nitrogens with one attached hydrogen (secondary N) is 1. The number of esters is 1. The molecule has 0 saturated heterocycles. The van der Waals surface area contributed by atoms with Crippen LogP contribution in [-0.4, -0.2) is 18.0 Å². The zero-order valence-electron chi connectivity index (χ0n) is 14.4. The summed E-state index contributed by atoms with van der Waals surface area (Å²) in [6, 6.07) is 8.73. The average Bonchev–Trinajstić information content (AvgIpc) is 3.04. The SMILES string of the molecule is C[C@@H](OC(=O)Cc1ccc2c(c1)CCC2)C(=O)Nc1ccc(F)cc1F. The van der Waals surface area contributed by atoms with Crippen LogP contribution in [0.4, 0.5) is 14.5 Å². The van der Waals surface area contributed by atoms with Crippen LogP contribution in [0.25, 0.3) is 0 Å². The minimum Gasteiger partial charge on any atom is -0.452 e. The van der Waals surface area contributed by atoms with Crippen molar-refractivity contribution in [2.24, 2.45) is 0 Å². The van der Waals surface area contributed by atoms with Crippen molar-refractivity contribution in [2.45, 2.75) is 38.7 Å². The van der Waals surface area contributed by atoms with Crippen LogP contribution < -0.4 is 5.32 Å². The molecular formula is C20H19F2NO3. The van der Waals surface area contributed by atoms with E-state index in [1.54, 1.807) is 0 Å². The molecule has 26 heavy (non-hydrogen) atoms. The molecule has 0 aromatic heterocycles. The Morgan fingerprint density at radius 3 is 2.65 bits per heavy atom. The lowest BCUT2D eigenvalue weighted by atomic mass is 10.0. The van der Waals surface area contributed by atoms with Crippen molar-refractivity contribution in [3.63, 3.8) is 0 Å². The molecule has 1 amide bonds. The lowest BCUT2D eigenvalue weighted by molar-refractivity contribution is -0.152.